The van der Waals surface area contributed by atoms with Crippen molar-refractivity contribution in [3.63, 3.8) is 0 Å². The second-order valence-corrected chi connectivity index (χ2v) is 11.6. The van der Waals surface area contributed by atoms with E-state index in [1.54, 1.807) is 48.7 Å². The molecule has 0 amide bonds. The van der Waals surface area contributed by atoms with E-state index >= 15 is 0 Å². The highest BCUT2D eigenvalue weighted by Crippen LogP contribution is 2.27. The van der Waals surface area contributed by atoms with E-state index in [0.717, 1.165) is 17.4 Å². The van der Waals surface area contributed by atoms with Gasteiger partial charge in [0.05, 0.1) is 22.5 Å². The number of nitrogens with zero attached hydrogens (tertiary/aromatic N) is 5. The summed E-state index contributed by atoms with van der Waals surface area (Å²) in [5.41, 5.74) is 9.22. The monoisotopic (exact) mass is 568 g/mol. The van der Waals surface area contributed by atoms with Crippen LogP contribution in [0, 0.1) is 0 Å². The molecule has 11 heteroatoms. The Morgan fingerprint density at radius 2 is 1.52 bits per heavy atom. The maximum absolute atomic E-state index is 13.9. The van der Waals surface area contributed by atoms with E-state index < -0.39 is 9.84 Å². The van der Waals surface area contributed by atoms with E-state index in [1.807, 2.05) is 30.3 Å². The molecule has 40 heavy (non-hydrogen) atoms. The molecule has 0 bridgehead atoms. The molecule has 0 saturated heterocycles. The summed E-state index contributed by atoms with van der Waals surface area (Å²) in [6.07, 6.45) is 4.27. The Bertz CT molecular complexity index is 2050. The van der Waals surface area contributed by atoms with Crippen LogP contribution in [0.5, 0.6) is 0 Å². The minimum absolute atomic E-state index is 0.135. The Balaban J connectivity index is 1.57. The highest BCUT2D eigenvalue weighted by Gasteiger charge is 2.19. The Morgan fingerprint density at radius 3 is 2.20 bits per heavy atom. The molecule has 6 aromatic rings. The first-order valence-corrected chi connectivity index (χ1v) is 14.4. The smallest absolute Gasteiger partial charge is 0.269 e. The molecule has 0 saturated carbocycles. The molecule has 2 N–H and O–H groups in total. The quantitative estimate of drug-likeness (QED) is 0.312. The SMILES string of the molecule is CS(=O)(=O)c1cccc(-n2ncc3c(=O)n(-c4ccc(Cl)cc4)c(-c4ccc(-c5ccc(N)nc5)cc4)nc32)c1. The summed E-state index contributed by atoms with van der Waals surface area (Å²) in [7, 11) is -3.45. The van der Waals surface area contributed by atoms with E-state index in [2.05, 4.69) is 10.1 Å². The largest absolute Gasteiger partial charge is 0.384 e. The highest BCUT2D eigenvalue weighted by atomic mass is 35.5. The van der Waals surface area contributed by atoms with Crippen LogP contribution >= 0.6 is 11.6 Å². The van der Waals surface area contributed by atoms with Crippen LogP contribution in [-0.4, -0.2) is 39.0 Å². The predicted molar refractivity (Wildman–Crippen MR) is 156 cm³/mol. The molecule has 198 valence electrons. The van der Waals surface area contributed by atoms with Crippen molar-refractivity contribution in [2.45, 2.75) is 4.90 Å². The van der Waals surface area contributed by atoms with Gasteiger partial charge in [0.15, 0.2) is 15.5 Å². The summed E-state index contributed by atoms with van der Waals surface area (Å²) < 4.78 is 27.3. The fourth-order valence-electron chi connectivity index (χ4n) is 4.41. The van der Waals surface area contributed by atoms with E-state index in [4.69, 9.17) is 22.3 Å². The van der Waals surface area contributed by atoms with Crippen molar-refractivity contribution in [3.05, 3.63) is 113 Å². The topological polar surface area (TPSA) is 126 Å². The zero-order valence-electron chi connectivity index (χ0n) is 21.1. The second kappa shape index (κ2) is 9.74. The van der Waals surface area contributed by atoms with Gasteiger partial charge in [0, 0.05) is 28.6 Å². The number of benzene rings is 3. The number of pyridine rings is 1. The Hall–Kier alpha value is -4.80. The number of sulfone groups is 1. The molecule has 0 aliphatic rings. The van der Waals surface area contributed by atoms with Gasteiger partial charge in [0.25, 0.3) is 5.56 Å². The maximum Gasteiger partial charge on any atom is 0.269 e. The van der Waals surface area contributed by atoms with Crippen LogP contribution in [0.2, 0.25) is 5.02 Å². The Kier molecular flexibility index (Phi) is 6.21. The third-order valence-corrected chi connectivity index (χ3v) is 7.80. The van der Waals surface area contributed by atoms with Crippen molar-refractivity contribution < 1.29 is 8.42 Å². The first-order valence-electron chi connectivity index (χ1n) is 12.1. The molecule has 3 aromatic carbocycles. The minimum Gasteiger partial charge on any atom is -0.384 e. The lowest BCUT2D eigenvalue weighted by atomic mass is 10.0. The average Bonchev–Trinajstić information content (AvgIpc) is 3.38. The number of hydrogen-bond donors (Lipinski definition) is 1. The Labute approximate surface area is 234 Å². The number of rotatable bonds is 5. The second-order valence-electron chi connectivity index (χ2n) is 9.16. The van der Waals surface area contributed by atoms with Crippen LogP contribution in [0.1, 0.15) is 0 Å². The van der Waals surface area contributed by atoms with Crippen molar-refractivity contribution in [3.8, 4) is 33.9 Å². The summed E-state index contributed by atoms with van der Waals surface area (Å²) >= 11 is 6.12. The molecule has 0 radical (unpaired) electrons. The Morgan fingerprint density at radius 1 is 0.825 bits per heavy atom. The van der Waals surface area contributed by atoms with Crippen LogP contribution in [0.4, 0.5) is 5.82 Å². The lowest BCUT2D eigenvalue weighted by Gasteiger charge is -2.14. The van der Waals surface area contributed by atoms with E-state index in [-0.39, 0.29) is 15.8 Å². The summed E-state index contributed by atoms with van der Waals surface area (Å²) in [5, 5.41) is 5.21. The van der Waals surface area contributed by atoms with Crippen LogP contribution < -0.4 is 11.3 Å². The van der Waals surface area contributed by atoms with Crippen molar-refractivity contribution in [2.75, 3.05) is 12.0 Å². The highest BCUT2D eigenvalue weighted by molar-refractivity contribution is 7.90. The van der Waals surface area contributed by atoms with Gasteiger partial charge in [-0.3, -0.25) is 9.36 Å². The standard InChI is InChI=1S/C29H21ClN6O3S/c1-40(38,39)24-4-2-3-23(15-24)36-28-25(17-33-36)29(37)35(22-12-10-21(30)11-13-22)27(34-28)19-7-5-18(6-8-19)20-9-14-26(31)32-16-20/h2-17H,1H3,(H2,31,32). The van der Waals surface area contributed by atoms with Crippen LogP contribution in [0.15, 0.2) is 107 Å². The van der Waals surface area contributed by atoms with Crippen molar-refractivity contribution >= 4 is 38.3 Å². The van der Waals surface area contributed by atoms with Crippen LogP contribution in [0.25, 0.3) is 44.9 Å². The van der Waals surface area contributed by atoms with Crippen LogP contribution in [0.3, 0.4) is 0 Å². The molecule has 3 heterocycles. The molecular weight excluding hydrogens is 548 g/mol. The molecule has 0 atom stereocenters. The van der Waals surface area contributed by atoms with Gasteiger partial charge < -0.3 is 5.73 Å². The van der Waals surface area contributed by atoms with Crippen LogP contribution in [-0.2, 0) is 9.84 Å². The molecular formula is C29H21ClN6O3S. The number of nitrogens with two attached hydrogens (primary N) is 1. The number of halogens is 1. The van der Waals surface area contributed by atoms with Gasteiger partial charge in [-0.25, -0.2) is 23.1 Å². The fourth-order valence-corrected chi connectivity index (χ4v) is 5.20. The van der Waals surface area contributed by atoms with Crippen molar-refractivity contribution in [1.29, 1.82) is 0 Å². The van der Waals surface area contributed by atoms with Gasteiger partial charge in [0.2, 0.25) is 0 Å². The molecule has 0 aliphatic carbocycles. The first kappa shape index (κ1) is 25.5. The number of aromatic nitrogens is 5. The van der Waals surface area contributed by atoms with Gasteiger partial charge in [-0.2, -0.15) is 5.10 Å². The normalized spacial score (nSPS) is 11.7. The average molecular weight is 569 g/mol. The summed E-state index contributed by atoms with van der Waals surface area (Å²) in [5.74, 6) is 0.811. The number of hydrogen-bond acceptors (Lipinski definition) is 7. The lowest BCUT2D eigenvalue weighted by Crippen LogP contribution is -2.22. The predicted octanol–water partition coefficient (Wildman–Crippen LogP) is 4.94. The van der Waals surface area contributed by atoms with E-state index in [0.29, 0.717) is 39.3 Å². The molecule has 6 rings (SSSR count). The van der Waals surface area contributed by atoms with Gasteiger partial charge in [0.1, 0.15) is 17.0 Å². The number of nitrogen functional groups attached to an aromatic ring is 1. The fraction of sp³-hybridized carbons (Fsp3) is 0.0345. The minimum atomic E-state index is -3.45. The van der Waals surface area contributed by atoms with Crippen molar-refractivity contribution in [1.82, 2.24) is 24.3 Å². The van der Waals surface area contributed by atoms with Gasteiger partial charge >= 0.3 is 0 Å². The third-order valence-electron chi connectivity index (χ3n) is 6.44. The van der Waals surface area contributed by atoms with Gasteiger partial charge in [-0.05, 0) is 60.2 Å². The molecule has 0 aliphatic heterocycles. The zero-order chi connectivity index (χ0) is 28.0. The number of anilines is 1. The molecule has 0 spiro atoms. The maximum atomic E-state index is 13.9. The molecule has 0 fully saturated rings. The molecule has 0 unspecified atom stereocenters. The van der Waals surface area contributed by atoms with E-state index in [9.17, 15) is 13.2 Å². The van der Waals surface area contributed by atoms with Crippen molar-refractivity contribution in [2.24, 2.45) is 0 Å². The van der Waals surface area contributed by atoms with Gasteiger partial charge in [-0.15, -0.1) is 0 Å². The zero-order valence-corrected chi connectivity index (χ0v) is 22.6. The first-order chi connectivity index (χ1) is 19.2. The van der Waals surface area contributed by atoms with Gasteiger partial charge in [-0.1, -0.05) is 41.9 Å². The molecule has 3 aromatic heterocycles. The molecule has 9 nitrogen and oxygen atoms in total. The van der Waals surface area contributed by atoms with E-state index in [1.165, 1.54) is 27.6 Å². The summed E-state index contributed by atoms with van der Waals surface area (Å²) in [6, 6.07) is 24.4. The third kappa shape index (κ3) is 4.63. The summed E-state index contributed by atoms with van der Waals surface area (Å²) in [6.45, 7) is 0. The number of fused-ring (bicyclic) bond motifs is 1. The summed E-state index contributed by atoms with van der Waals surface area (Å²) in [4.78, 5) is 23.1. The lowest BCUT2D eigenvalue weighted by molar-refractivity contribution is 0.601.